The van der Waals surface area contributed by atoms with Gasteiger partial charge >= 0.3 is 6.18 Å². The summed E-state index contributed by atoms with van der Waals surface area (Å²) in [6.07, 6.45) is -4.54. The van der Waals surface area contributed by atoms with Gasteiger partial charge in [0.15, 0.2) is 0 Å². The normalized spacial score (nSPS) is 11.5. The zero-order valence-electron chi connectivity index (χ0n) is 17.1. The Morgan fingerprint density at radius 2 is 1.66 bits per heavy atom. The van der Waals surface area contributed by atoms with E-state index in [-0.39, 0.29) is 17.8 Å². The molecule has 1 N–H and O–H groups in total. The molecule has 0 radical (unpaired) electrons. The monoisotopic (exact) mass is 436 g/mol. The SMILES string of the molecule is Cc1ccc(C(=O)NCc2cccc3ccccc23)c(=O)n1-c1cccc(C(F)(F)F)c1. The molecule has 0 bridgehead atoms. The molecule has 4 nitrogen and oxygen atoms in total. The highest BCUT2D eigenvalue weighted by Gasteiger charge is 2.30. The third kappa shape index (κ3) is 4.14. The number of amides is 1. The van der Waals surface area contributed by atoms with Crippen molar-refractivity contribution < 1.29 is 18.0 Å². The van der Waals surface area contributed by atoms with Crippen LogP contribution in [0.25, 0.3) is 16.5 Å². The Morgan fingerprint density at radius 3 is 2.44 bits per heavy atom. The lowest BCUT2D eigenvalue weighted by Gasteiger charge is -2.14. The number of aryl methyl sites for hydroxylation is 1. The minimum atomic E-state index is -4.54. The number of alkyl halides is 3. The van der Waals surface area contributed by atoms with Crippen LogP contribution >= 0.6 is 0 Å². The molecule has 0 unspecified atom stereocenters. The van der Waals surface area contributed by atoms with Gasteiger partial charge in [0.25, 0.3) is 11.5 Å². The van der Waals surface area contributed by atoms with E-state index in [1.165, 1.54) is 24.3 Å². The van der Waals surface area contributed by atoms with E-state index in [0.29, 0.717) is 5.69 Å². The van der Waals surface area contributed by atoms with Crippen molar-refractivity contribution in [2.75, 3.05) is 0 Å². The van der Waals surface area contributed by atoms with Gasteiger partial charge in [-0.25, -0.2) is 0 Å². The molecule has 0 fully saturated rings. The van der Waals surface area contributed by atoms with Crippen molar-refractivity contribution >= 4 is 16.7 Å². The fraction of sp³-hybridized carbons (Fsp3) is 0.120. The summed E-state index contributed by atoms with van der Waals surface area (Å²) < 4.78 is 40.5. The smallest absolute Gasteiger partial charge is 0.348 e. The second-order valence-corrected chi connectivity index (χ2v) is 7.40. The van der Waals surface area contributed by atoms with Crippen molar-refractivity contribution in [3.8, 4) is 5.69 Å². The summed E-state index contributed by atoms with van der Waals surface area (Å²) in [4.78, 5) is 25.8. The maximum Gasteiger partial charge on any atom is 0.416 e. The molecule has 1 aromatic heterocycles. The van der Waals surface area contributed by atoms with E-state index in [1.54, 1.807) is 6.92 Å². The van der Waals surface area contributed by atoms with Crippen molar-refractivity contribution in [1.82, 2.24) is 9.88 Å². The van der Waals surface area contributed by atoms with Crippen LogP contribution in [0.15, 0.2) is 83.7 Å². The summed E-state index contributed by atoms with van der Waals surface area (Å²) in [6.45, 7) is 1.80. The molecule has 0 saturated heterocycles. The summed E-state index contributed by atoms with van der Waals surface area (Å²) in [7, 11) is 0. The molecule has 162 valence electrons. The van der Waals surface area contributed by atoms with Gasteiger partial charge in [-0.15, -0.1) is 0 Å². The van der Waals surface area contributed by atoms with Crippen molar-refractivity contribution in [3.63, 3.8) is 0 Å². The molecule has 7 heteroatoms. The summed E-state index contributed by atoms with van der Waals surface area (Å²) in [5.74, 6) is -0.594. The molecule has 1 heterocycles. The average molecular weight is 436 g/mol. The van der Waals surface area contributed by atoms with Gasteiger partial charge in [-0.3, -0.25) is 14.2 Å². The summed E-state index contributed by atoms with van der Waals surface area (Å²) >= 11 is 0. The molecule has 0 atom stereocenters. The van der Waals surface area contributed by atoms with Gasteiger partial charge in [0, 0.05) is 17.9 Å². The van der Waals surface area contributed by atoms with Gasteiger partial charge in [0.2, 0.25) is 0 Å². The van der Waals surface area contributed by atoms with Crippen LogP contribution in [0, 0.1) is 6.92 Å². The summed E-state index contributed by atoms with van der Waals surface area (Å²) in [5.41, 5.74) is -0.340. The van der Waals surface area contributed by atoms with Crippen molar-refractivity contribution in [2.24, 2.45) is 0 Å². The molecule has 4 aromatic rings. The van der Waals surface area contributed by atoms with E-state index >= 15 is 0 Å². The van der Waals surface area contributed by atoms with Crippen LogP contribution in [0.4, 0.5) is 13.2 Å². The topological polar surface area (TPSA) is 51.1 Å². The highest BCUT2D eigenvalue weighted by Crippen LogP contribution is 2.30. The largest absolute Gasteiger partial charge is 0.416 e. The fourth-order valence-corrected chi connectivity index (χ4v) is 3.66. The third-order valence-electron chi connectivity index (χ3n) is 5.27. The Morgan fingerprint density at radius 1 is 0.938 bits per heavy atom. The number of hydrogen-bond acceptors (Lipinski definition) is 2. The number of halogens is 3. The number of benzene rings is 3. The van der Waals surface area contributed by atoms with E-state index in [1.807, 2.05) is 42.5 Å². The first-order chi connectivity index (χ1) is 15.3. The minimum absolute atomic E-state index is 0.0472. The van der Waals surface area contributed by atoms with Gasteiger partial charge in [-0.05, 0) is 53.6 Å². The fourth-order valence-electron chi connectivity index (χ4n) is 3.66. The van der Waals surface area contributed by atoms with Crippen LogP contribution in [0.2, 0.25) is 0 Å². The molecule has 0 spiro atoms. The van der Waals surface area contributed by atoms with Gasteiger partial charge in [-0.2, -0.15) is 13.2 Å². The van der Waals surface area contributed by atoms with Gasteiger partial charge in [0.1, 0.15) is 5.56 Å². The summed E-state index contributed by atoms with van der Waals surface area (Å²) in [5, 5.41) is 4.77. The van der Waals surface area contributed by atoms with Crippen molar-refractivity contribution in [3.05, 3.63) is 112 Å². The first-order valence-corrected chi connectivity index (χ1v) is 9.91. The van der Waals surface area contributed by atoms with Gasteiger partial charge < -0.3 is 5.32 Å². The number of carbonyl (C=O) groups is 1. The number of carbonyl (C=O) groups excluding carboxylic acids is 1. The number of aromatic nitrogens is 1. The Kier molecular flexibility index (Phi) is 5.57. The molecular weight excluding hydrogens is 417 g/mol. The zero-order valence-corrected chi connectivity index (χ0v) is 17.1. The number of hydrogen-bond donors (Lipinski definition) is 1. The van der Waals surface area contributed by atoms with Crippen molar-refractivity contribution in [1.29, 1.82) is 0 Å². The molecule has 0 aliphatic heterocycles. The van der Waals surface area contributed by atoms with E-state index in [0.717, 1.165) is 33.0 Å². The van der Waals surface area contributed by atoms with Crippen LogP contribution in [-0.4, -0.2) is 10.5 Å². The first kappa shape index (κ1) is 21.4. The Bertz CT molecular complexity index is 1370. The predicted molar refractivity (Wildman–Crippen MR) is 117 cm³/mol. The number of nitrogens with one attached hydrogen (secondary N) is 1. The Hall–Kier alpha value is -3.87. The van der Waals surface area contributed by atoms with Gasteiger partial charge in [-0.1, -0.05) is 48.5 Å². The van der Waals surface area contributed by atoms with Crippen LogP contribution in [0.5, 0.6) is 0 Å². The first-order valence-electron chi connectivity index (χ1n) is 9.91. The number of pyridine rings is 1. The molecule has 3 aromatic carbocycles. The highest BCUT2D eigenvalue weighted by molar-refractivity contribution is 5.94. The molecule has 4 rings (SSSR count). The maximum absolute atomic E-state index is 13.1. The Labute approximate surface area is 181 Å². The lowest BCUT2D eigenvalue weighted by atomic mass is 10.0. The quantitative estimate of drug-likeness (QED) is 0.475. The minimum Gasteiger partial charge on any atom is -0.348 e. The molecule has 0 aliphatic rings. The molecule has 0 aliphatic carbocycles. The molecule has 32 heavy (non-hydrogen) atoms. The van der Waals surface area contributed by atoms with Crippen molar-refractivity contribution in [2.45, 2.75) is 19.6 Å². The second kappa shape index (κ2) is 8.34. The zero-order chi connectivity index (χ0) is 22.9. The van der Waals surface area contributed by atoms with Crippen LogP contribution in [0.1, 0.15) is 27.2 Å². The average Bonchev–Trinajstić information content (AvgIpc) is 2.77. The molecular formula is C25H19F3N2O2. The van der Waals surface area contributed by atoms with Crippen LogP contribution < -0.4 is 10.9 Å². The van der Waals surface area contributed by atoms with Crippen LogP contribution in [0.3, 0.4) is 0 Å². The van der Waals surface area contributed by atoms with E-state index in [2.05, 4.69) is 5.32 Å². The lowest BCUT2D eigenvalue weighted by Crippen LogP contribution is -2.33. The lowest BCUT2D eigenvalue weighted by molar-refractivity contribution is -0.137. The maximum atomic E-state index is 13.1. The summed E-state index contributed by atoms with van der Waals surface area (Å²) in [6, 6.07) is 20.9. The number of nitrogens with zero attached hydrogens (tertiary/aromatic N) is 1. The third-order valence-corrected chi connectivity index (χ3v) is 5.27. The Balaban J connectivity index is 1.65. The second-order valence-electron chi connectivity index (χ2n) is 7.40. The standard InChI is InChI=1S/C25H19F3N2O2/c1-16-12-13-22(24(32)30(16)20-10-5-9-19(14-20)25(26,27)28)23(31)29-15-18-8-4-7-17-6-2-3-11-21(17)18/h2-14H,15H2,1H3,(H,29,31). The predicted octanol–water partition coefficient (Wildman–Crippen LogP) is 5.25. The molecule has 1 amide bonds. The van der Waals surface area contributed by atoms with E-state index in [4.69, 9.17) is 0 Å². The number of fused-ring (bicyclic) bond motifs is 1. The molecule has 0 saturated carbocycles. The van der Waals surface area contributed by atoms with E-state index in [9.17, 15) is 22.8 Å². The van der Waals surface area contributed by atoms with Gasteiger partial charge in [0.05, 0.1) is 5.56 Å². The van der Waals surface area contributed by atoms with Crippen LogP contribution in [-0.2, 0) is 12.7 Å². The number of rotatable bonds is 4. The highest BCUT2D eigenvalue weighted by atomic mass is 19.4. The van der Waals surface area contributed by atoms with E-state index < -0.39 is 23.2 Å².